The highest BCUT2D eigenvalue weighted by Crippen LogP contribution is 2.59. The standard InChI is InChI=1S/C12H18N2O2/c15-7-13-14-11(16)12-4-8-1-9(5-12)3-10(2-8)6-12/h7-10H,1-6H2,(H,13,15)(H,14,16). The molecule has 0 aromatic rings. The minimum atomic E-state index is -0.162. The van der Waals surface area contributed by atoms with Crippen LogP contribution in [0.3, 0.4) is 0 Å². The quantitative estimate of drug-likeness (QED) is 0.552. The second-order valence-corrected chi connectivity index (χ2v) is 5.91. The molecule has 4 bridgehead atoms. The van der Waals surface area contributed by atoms with Crippen molar-refractivity contribution in [3.05, 3.63) is 0 Å². The Morgan fingerprint density at radius 3 is 2.00 bits per heavy atom. The van der Waals surface area contributed by atoms with Crippen LogP contribution < -0.4 is 10.9 Å². The molecule has 2 N–H and O–H groups in total. The molecule has 4 aliphatic rings. The number of carbonyl (C=O) groups is 2. The van der Waals surface area contributed by atoms with E-state index in [1.165, 1.54) is 19.3 Å². The Morgan fingerprint density at radius 1 is 1.06 bits per heavy atom. The second kappa shape index (κ2) is 3.47. The maximum Gasteiger partial charge on any atom is 0.244 e. The molecule has 88 valence electrons. The maximum absolute atomic E-state index is 12.1. The summed E-state index contributed by atoms with van der Waals surface area (Å²) >= 11 is 0. The summed E-state index contributed by atoms with van der Waals surface area (Å²) in [5.74, 6) is 2.31. The van der Waals surface area contributed by atoms with E-state index in [4.69, 9.17) is 0 Å². The average molecular weight is 222 g/mol. The molecule has 4 aliphatic carbocycles. The summed E-state index contributed by atoms with van der Waals surface area (Å²) in [5, 5.41) is 0. The fourth-order valence-corrected chi connectivity index (χ4v) is 4.62. The van der Waals surface area contributed by atoms with Gasteiger partial charge in [-0.2, -0.15) is 0 Å². The van der Waals surface area contributed by atoms with Crippen molar-refractivity contribution in [3.63, 3.8) is 0 Å². The van der Waals surface area contributed by atoms with E-state index < -0.39 is 0 Å². The molecular formula is C12H18N2O2. The zero-order valence-corrected chi connectivity index (χ0v) is 9.37. The Bertz CT molecular complexity index is 292. The van der Waals surface area contributed by atoms with Crippen LogP contribution >= 0.6 is 0 Å². The van der Waals surface area contributed by atoms with Crippen LogP contribution in [0.1, 0.15) is 38.5 Å². The highest BCUT2D eigenvalue weighted by molar-refractivity contribution is 5.83. The fraction of sp³-hybridized carbons (Fsp3) is 0.833. The largest absolute Gasteiger partial charge is 0.277 e. The molecule has 0 spiro atoms. The van der Waals surface area contributed by atoms with E-state index in [-0.39, 0.29) is 11.3 Å². The van der Waals surface area contributed by atoms with Gasteiger partial charge in [-0.25, -0.2) is 0 Å². The lowest BCUT2D eigenvalue weighted by Crippen LogP contribution is -2.55. The van der Waals surface area contributed by atoms with E-state index in [2.05, 4.69) is 10.9 Å². The molecular weight excluding hydrogens is 204 g/mol. The molecule has 0 aromatic heterocycles. The lowest BCUT2D eigenvalue weighted by molar-refractivity contribution is -0.148. The molecule has 4 fully saturated rings. The number of rotatable bonds is 3. The Kier molecular flexibility index (Phi) is 2.19. The van der Waals surface area contributed by atoms with Gasteiger partial charge in [-0.3, -0.25) is 20.4 Å². The van der Waals surface area contributed by atoms with Crippen LogP contribution in [0.15, 0.2) is 0 Å². The molecule has 0 atom stereocenters. The number of carbonyl (C=O) groups excluding carboxylic acids is 2. The Labute approximate surface area is 95.1 Å². The molecule has 0 saturated heterocycles. The van der Waals surface area contributed by atoms with Crippen LogP contribution in [0.2, 0.25) is 0 Å². The lowest BCUT2D eigenvalue weighted by atomic mass is 9.49. The van der Waals surface area contributed by atoms with Crippen molar-refractivity contribution in [2.24, 2.45) is 23.2 Å². The Balaban J connectivity index is 1.77. The number of hydrogen-bond acceptors (Lipinski definition) is 2. The van der Waals surface area contributed by atoms with Gasteiger partial charge < -0.3 is 0 Å². The Morgan fingerprint density at radius 2 is 1.56 bits per heavy atom. The summed E-state index contributed by atoms with van der Waals surface area (Å²) in [6, 6.07) is 0. The maximum atomic E-state index is 12.1. The number of hydrazine groups is 1. The molecule has 0 unspecified atom stereocenters. The van der Waals surface area contributed by atoms with E-state index in [0.717, 1.165) is 37.0 Å². The van der Waals surface area contributed by atoms with Crippen LogP contribution in [-0.2, 0) is 9.59 Å². The van der Waals surface area contributed by atoms with Crippen molar-refractivity contribution in [1.82, 2.24) is 10.9 Å². The molecule has 0 heterocycles. The third-order valence-corrected chi connectivity index (χ3v) is 4.76. The third kappa shape index (κ3) is 1.43. The molecule has 4 nitrogen and oxygen atoms in total. The van der Waals surface area contributed by atoms with Gasteiger partial charge in [0.2, 0.25) is 12.3 Å². The Hall–Kier alpha value is -1.06. The van der Waals surface area contributed by atoms with Gasteiger partial charge in [0.25, 0.3) is 0 Å². The van der Waals surface area contributed by atoms with Gasteiger partial charge in [0.15, 0.2) is 0 Å². The zero-order chi connectivity index (χ0) is 11.2. The number of amides is 2. The van der Waals surface area contributed by atoms with Crippen LogP contribution in [0.25, 0.3) is 0 Å². The molecule has 0 aromatic carbocycles. The zero-order valence-electron chi connectivity index (χ0n) is 9.37. The normalized spacial score (nSPS) is 44.1. The number of nitrogens with one attached hydrogen (secondary N) is 2. The van der Waals surface area contributed by atoms with Crippen LogP contribution in [0.5, 0.6) is 0 Å². The minimum Gasteiger partial charge on any atom is -0.277 e. The molecule has 4 saturated carbocycles. The summed E-state index contributed by atoms with van der Waals surface area (Å²) in [6.45, 7) is 0. The van der Waals surface area contributed by atoms with Crippen molar-refractivity contribution in [2.45, 2.75) is 38.5 Å². The highest BCUT2D eigenvalue weighted by Gasteiger charge is 2.54. The summed E-state index contributed by atoms with van der Waals surface area (Å²) in [6.07, 6.45) is 7.61. The van der Waals surface area contributed by atoms with Gasteiger partial charge in [-0.05, 0) is 56.3 Å². The summed E-state index contributed by atoms with van der Waals surface area (Å²) in [5.41, 5.74) is 4.66. The lowest BCUT2D eigenvalue weighted by Gasteiger charge is -2.55. The van der Waals surface area contributed by atoms with Crippen LogP contribution in [0, 0.1) is 23.2 Å². The molecule has 4 heteroatoms. The first kappa shape index (κ1) is 10.1. The highest BCUT2D eigenvalue weighted by atomic mass is 16.2. The molecule has 4 rings (SSSR count). The summed E-state index contributed by atoms with van der Waals surface area (Å²) in [4.78, 5) is 22.3. The minimum absolute atomic E-state index is 0.0405. The van der Waals surface area contributed by atoms with Gasteiger partial charge in [0.05, 0.1) is 5.41 Å². The van der Waals surface area contributed by atoms with Crippen LogP contribution in [0.4, 0.5) is 0 Å². The fourth-order valence-electron chi connectivity index (χ4n) is 4.62. The first-order valence-electron chi connectivity index (χ1n) is 6.21. The van der Waals surface area contributed by atoms with E-state index in [1.54, 1.807) is 0 Å². The number of hydrogen-bond donors (Lipinski definition) is 2. The topological polar surface area (TPSA) is 58.2 Å². The second-order valence-electron chi connectivity index (χ2n) is 5.91. The van der Waals surface area contributed by atoms with E-state index in [0.29, 0.717) is 6.41 Å². The van der Waals surface area contributed by atoms with Crippen LogP contribution in [-0.4, -0.2) is 12.3 Å². The predicted octanol–water partition coefficient (Wildman–Crippen LogP) is 0.980. The van der Waals surface area contributed by atoms with Gasteiger partial charge in [-0.1, -0.05) is 0 Å². The van der Waals surface area contributed by atoms with Gasteiger partial charge in [0.1, 0.15) is 0 Å². The van der Waals surface area contributed by atoms with Gasteiger partial charge in [0, 0.05) is 0 Å². The van der Waals surface area contributed by atoms with Crippen molar-refractivity contribution in [3.8, 4) is 0 Å². The third-order valence-electron chi connectivity index (χ3n) is 4.76. The van der Waals surface area contributed by atoms with Gasteiger partial charge >= 0.3 is 0 Å². The van der Waals surface area contributed by atoms with Crippen molar-refractivity contribution in [1.29, 1.82) is 0 Å². The van der Waals surface area contributed by atoms with Gasteiger partial charge in [-0.15, -0.1) is 0 Å². The van der Waals surface area contributed by atoms with Crippen molar-refractivity contribution < 1.29 is 9.59 Å². The smallest absolute Gasteiger partial charge is 0.244 e. The molecule has 0 aliphatic heterocycles. The SMILES string of the molecule is O=CNNC(=O)C12CC3CC(CC(C3)C1)C2. The molecule has 2 amide bonds. The summed E-state index contributed by atoms with van der Waals surface area (Å²) < 4.78 is 0. The molecule has 0 radical (unpaired) electrons. The monoisotopic (exact) mass is 222 g/mol. The van der Waals surface area contributed by atoms with E-state index in [9.17, 15) is 9.59 Å². The van der Waals surface area contributed by atoms with E-state index >= 15 is 0 Å². The molecule has 16 heavy (non-hydrogen) atoms. The van der Waals surface area contributed by atoms with Crippen molar-refractivity contribution >= 4 is 12.3 Å². The van der Waals surface area contributed by atoms with Crippen molar-refractivity contribution in [2.75, 3.05) is 0 Å². The average Bonchev–Trinajstić information content (AvgIpc) is 2.24. The van der Waals surface area contributed by atoms with E-state index in [1.807, 2.05) is 0 Å². The first-order valence-corrected chi connectivity index (χ1v) is 6.21. The predicted molar refractivity (Wildman–Crippen MR) is 57.9 cm³/mol. The summed E-state index contributed by atoms with van der Waals surface area (Å²) in [7, 11) is 0. The first-order chi connectivity index (χ1) is 7.72.